The van der Waals surface area contributed by atoms with Gasteiger partial charge in [-0.15, -0.1) is 11.3 Å². The minimum atomic E-state index is -0.455. The Labute approximate surface area is 189 Å². The number of thiophene rings is 1. The molecule has 8 heteroatoms. The maximum absolute atomic E-state index is 12.7. The van der Waals surface area contributed by atoms with Crippen molar-refractivity contribution in [2.24, 2.45) is 0 Å². The molecule has 0 fully saturated rings. The van der Waals surface area contributed by atoms with E-state index in [1.165, 1.54) is 24.8 Å². The summed E-state index contributed by atoms with van der Waals surface area (Å²) < 4.78 is 10.4. The molecule has 0 aliphatic heterocycles. The molecule has 1 N–H and O–H groups in total. The summed E-state index contributed by atoms with van der Waals surface area (Å²) in [6, 6.07) is 16.9. The van der Waals surface area contributed by atoms with Gasteiger partial charge in [-0.2, -0.15) is 0 Å². The van der Waals surface area contributed by atoms with E-state index < -0.39 is 5.97 Å². The molecule has 2 aromatic carbocycles. The van der Waals surface area contributed by atoms with Crippen molar-refractivity contribution in [2.45, 2.75) is 13.3 Å². The quantitative estimate of drug-likeness (QED) is 0.402. The average molecular weight is 448 g/mol. The standard InChI is InChI=1S/C24H21N3O4S/c1-15-19-21(27-18-11-7-6-10-17(18)23(28)30-2)25-14-26-22(19)32-20(15)24(29)31-13-12-16-8-4-3-5-9-16/h3-11,14H,12-13H2,1-2H3,(H,25,26,27). The lowest BCUT2D eigenvalue weighted by Crippen LogP contribution is -2.08. The van der Waals surface area contributed by atoms with Crippen LogP contribution in [0.1, 0.15) is 31.2 Å². The monoisotopic (exact) mass is 447 g/mol. The molecule has 0 radical (unpaired) electrons. The number of benzene rings is 2. The van der Waals surface area contributed by atoms with E-state index in [0.29, 0.717) is 45.2 Å². The Bertz CT molecular complexity index is 1270. The molecule has 0 amide bonds. The molecule has 0 saturated carbocycles. The minimum absolute atomic E-state index is 0.291. The van der Waals surface area contributed by atoms with Crippen molar-refractivity contribution in [1.82, 2.24) is 9.97 Å². The number of nitrogens with zero attached hydrogens (tertiary/aromatic N) is 2. The molecule has 162 valence electrons. The van der Waals surface area contributed by atoms with Crippen LogP contribution in [-0.4, -0.2) is 35.6 Å². The van der Waals surface area contributed by atoms with Crippen LogP contribution in [0.3, 0.4) is 0 Å². The summed E-state index contributed by atoms with van der Waals surface area (Å²) in [6.07, 6.45) is 2.07. The van der Waals surface area contributed by atoms with Crippen molar-refractivity contribution >= 4 is 45.0 Å². The van der Waals surface area contributed by atoms with Gasteiger partial charge in [-0.3, -0.25) is 0 Å². The fourth-order valence-electron chi connectivity index (χ4n) is 3.34. The third-order valence-electron chi connectivity index (χ3n) is 4.96. The van der Waals surface area contributed by atoms with Crippen molar-refractivity contribution in [2.75, 3.05) is 19.0 Å². The maximum Gasteiger partial charge on any atom is 0.348 e. The van der Waals surface area contributed by atoms with Crippen LogP contribution >= 0.6 is 11.3 Å². The van der Waals surface area contributed by atoms with Crippen molar-refractivity contribution in [1.29, 1.82) is 0 Å². The van der Waals surface area contributed by atoms with Gasteiger partial charge in [-0.1, -0.05) is 42.5 Å². The third-order valence-corrected chi connectivity index (χ3v) is 6.14. The lowest BCUT2D eigenvalue weighted by Gasteiger charge is -2.11. The van der Waals surface area contributed by atoms with E-state index in [1.54, 1.807) is 18.2 Å². The molecule has 0 aliphatic rings. The second-order valence-corrected chi connectivity index (χ2v) is 7.99. The molecule has 0 bridgehead atoms. The molecule has 2 aromatic heterocycles. The third kappa shape index (κ3) is 4.45. The molecular weight excluding hydrogens is 426 g/mol. The number of fused-ring (bicyclic) bond motifs is 1. The van der Waals surface area contributed by atoms with Gasteiger partial charge >= 0.3 is 11.9 Å². The van der Waals surface area contributed by atoms with Crippen LogP contribution < -0.4 is 5.32 Å². The lowest BCUT2D eigenvalue weighted by atomic mass is 10.1. The molecule has 0 unspecified atom stereocenters. The fourth-order valence-corrected chi connectivity index (χ4v) is 4.38. The molecule has 0 aliphatic carbocycles. The zero-order valence-corrected chi connectivity index (χ0v) is 18.4. The summed E-state index contributed by atoms with van der Waals surface area (Å²) in [5.74, 6) is -0.339. The van der Waals surface area contributed by atoms with E-state index in [1.807, 2.05) is 43.3 Å². The molecule has 7 nitrogen and oxygen atoms in total. The molecule has 0 saturated heterocycles. The Kier molecular flexibility index (Phi) is 6.42. The van der Waals surface area contributed by atoms with E-state index in [4.69, 9.17) is 9.47 Å². The second kappa shape index (κ2) is 9.57. The number of rotatable bonds is 7. The summed E-state index contributed by atoms with van der Waals surface area (Å²) in [5.41, 5.74) is 2.77. The first kappa shape index (κ1) is 21.5. The van der Waals surface area contributed by atoms with Crippen LogP contribution in [0.2, 0.25) is 0 Å². The number of hydrogen-bond donors (Lipinski definition) is 1. The number of ether oxygens (including phenoxy) is 2. The van der Waals surface area contributed by atoms with Gasteiger partial charge in [0.15, 0.2) is 0 Å². The molecule has 2 heterocycles. The first-order valence-electron chi connectivity index (χ1n) is 9.98. The zero-order valence-electron chi connectivity index (χ0n) is 17.6. The van der Waals surface area contributed by atoms with Gasteiger partial charge in [0, 0.05) is 6.42 Å². The predicted octanol–water partition coefficient (Wildman–Crippen LogP) is 4.93. The van der Waals surface area contributed by atoms with E-state index in [-0.39, 0.29) is 5.97 Å². The van der Waals surface area contributed by atoms with Crippen LogP contribution in [-0.2, 0) is 15.9 Å². The number of anilines is 2. The highest BCUT2D eigenvalue weighted by Gasteiger charge is 2.21. The van der Waals surface area contributed by atoms with Crippen molar-refractivity contribution in [3.8, 4) is 0 Å². The van der Waals surface area contributed by atoms with Crippen LogP contribution in [0.15, 0.2) is 60.9 Å². The first-order valence-corrected chi connectivity index (χ1v) is 10.8. The van der Waals surface area contributed by atoms with Gasteiger partial charge in [-0.05, 0) is 30.2 Å². The van der Waals surface area contributed by atoms with Crippen molar-refractivity contribution in [3.63, 3.8) is 0 Å². The van der Waals surface area contributed by atoms with Gasteiger partial charge in [0.05, 0.1) is 30.4 Å². The van der Waals surface area contributed by atoms with Crippen LogP contribution in [0.5, 0.6) is 0 Å². The number of aryl methyl sites for hydroxylation is 1. The fraction of sp³-hybridized carbons (Fsp3) is 0.167. The number of methoxy groups -OCH3 is 1. The van der Waals surface area contributed by atoms with Crippen LogP contribution in [0.4, 0.5) is 11.5 Å². The molecule has 4 rings (SSSR count). The van der Waals surface area contributed by atoms with Crippen LogP contribution in [0.25, 0.3) is 10.2 Å². The number of aromatic nitrogens is 2. The minimum Gasteiger partial charge on any atom is -0.465 e. The Morgan fingerprint density at radius 1 is 1.00 bits per heavy atom. The second-order valence-electron chi connectivity index (χ2n) is 6.99. The Balaban J connectivity index is 1.58. The number of para-hydroxylation sites is 1. The Morgan fingerprint density at radius 2 is 1.75 bits per heavy atom. The van der Waals surface area contributed by atoms with E-state index in [2.05, 4.69) is 15.3 Å². The maximum atomic E-state index is 12.7. The van der Waals surface area contributed by atoms with Crippen molar-refractivity contribution in [3.05, 3.63) is 82.5 Å². The van der Waals surface area contributed by atoms with Gasteiger partial charge in [0.2, 0.25) is 0 Å². The zero-order chi connectivity index (χ0) is 22.5. The highest BCUT2D eigenvalue weighted by Crippen LogP contribution is 2.35. The molecule has 0 spiro atoms. The van der Waals surface area contributed by atoms with Gasteiger partial charge < -0.3 is 14.8 Å². The smallest absolute Gasteiger partial charge is 0.348 e. The van der Waals surface area contributed by atoms with Gasteiger partial charge in [-0.25, -0.2) is 19.6 Å². The molecule has 4 aromatic rings. The largest absolute Gasteiger partial charge is 0.465 e. The average Bonchev–Trinajstić information content (AvgIpc) is 3.17. The summed E-state index contributed by atoms with van der Waals surface area (Å²) in [5, 5.41) is 3.91. The SMILES string of the molecule is COC(=O)c1ccccc1Nc1ncnc2sc(C(=O)OCCc3ccccc3)c(C)c12. The number of carbonyl (C=O) groups is 2. The number of esters is 2. The highest BCUT2D eigenvalue weighted by molar-refractivity contribution is 7.20. The topological polar surface area (TPSA) is 90.4 Å². The van der Waals surface area contributed by atoms with E-state index in [9.17, 15) is 9.59 Å². The van der Waals surface area contributed by atoms with E-state index in [0.717, 1.165) is 11.1 Å². The summed E-state index contributed by atoms with van der Waals surface area (Å²) in [7, 11) is 1.33. The van der Waals surface area contributed by atoms with Crippen molar-refractivity contribution < 1.29 is 19.1 Å². The normalized spacial score (nSPS) is 10.7. The molecule has 32 heavy (non-hydrogen) atoms. The lowest BCUT2D eigenvalue weighted by molar-refractivity contribution is 0.0513. The summed E-state index contributed by atoms with van der Waals surface area (Å²) in [6.45, 7) is 2.13. The summed E-state index contributed by atoms with van der Waals surface area (Å²) >= 11 is 1.26. The van der Waals surface area contributed by atoms with E-state index >= 15 is 0 Å². The Morgan fingerprint density at radius 3 is 2.53 bits per heavy atom. The number of nitrogens with one attached hydrogen (secondary N) is 1. The predicted molar refractivity (Wildman–Crippen MR) is 124 cm³/mol. The molecule has 0 atom stereocenters. The molecular formula is C24H21N3O4S. The Hall–Kier alpha value is -3.78. The first-order chi connectivity index (χ1) is 15.6. The number of hydrogen-bond acceptors (Lipinski definition) is 8. The van der Waals surface area contributed by atoms with Gasteiger partial charge in [0.1, 0.15) is 21.9 Å². The highest BCUT2D eigenvalue weighted by atomic mass is 32.1. The van der Waals surface area contributed by atoms with Crippen LogP contribution in [0, 0.1) is 6.92 Å². The van der Waals surface area contributed by atoms with Gasteiger partial charge in [0.25, 0.3) is 0 Å². The number of carbonyl (C=O) groups excluding carboxylic acids is 2. The summed E-state index contributed by atoms with van der Waals surface area (Å²) in [4.78, 5) is 34.6.